The third kappa shape index (κ3) is 5.08. The first-order chi connectivity index (χ1) is 11.8. The van der Waals surface area contributed by atoms with Crippen LogP contribution in [-0.4, -0.2) is 30.4 Å². The van der Waals surface area contributed by atoms with Crippen LogP contribution in [0.2, 0.25) is 0 Å². The van der Waals surface area contributed by atoms with E-state index in [4.69, 9.17) is 4.74 Å². The smallest absolute Gasteiger partial charge is 0.119 e. The Bertz CT molecular complexity index is 591. The molecule has 1 atom stereocenters. The summed E-state index contributed by atoms with van der Waals surface area (Å²) in [6.45, 7) is 0.928. The first kappa shape index (κ1) is 17.0. The van der Waals surface area contributed by atoms with Gasteiger partial charge in [0.25, 0.3) is 0 Å². The Morgan fingerprint density at radius 3 is 2.29 bits per heavy atom. The van der Waals surface area contributed by atoms with Crippen molar-refractivity contribution in [3.05, 3.63) is 54.6 Å². The lowest BCUT2D eigenvalue weighted by Gasteiger charge is -2.24. The molecule has 0 bridgehead atoms. The van der Waals surface area contributed by atoms with E-state index in [1.165, 1.54) is 43.2 Å². The SMILES string of the molecule is O[C@@H](CNC1CCCCC1)COc1ccc(-c2ccccc2)cc1. The van der Waals surface area contributed by atoms with Crippen LogP contribution in [0.4, 0.5) is 0 Å². The van der Waals surface area contributed by atoms with Crippen molar-refractivity contribution >= 4 is 0 Å². The van der Waals surface area contributed by atoms with Crippen LogP contribution in [0.1, 0.15) is 32.1 Å². The molecule has 0 aliphatic heterocycles. The van der Waals surface area contributed by atoms with Gasteiger partial charge in [-0.1, -0.05) is 61.7 Å². The molecule has 3 heteroatoms. The van der Waals surface area contributed by atoms with Crippen LogP contribution < -0.4 is 10.1 Å². The van der Waals surface area contributed by atoms with Crippen LogP contribution in [0.3, 0.4) is 0 Å². The van der Waals surface area contributed by atoms with Gasteiger partial charge in [-0.3, -0.25) is 0 Å². The molecule has 0 unspecified atom stereocenters. The normalized spacial score (nSPS) is 16.7. The summed E-state index contributed by atoms with van der Waals surface area (Å²) in [4.78, 5) is 0. The average Bonchev–Trinajstić information content (AvgIpc) is 2.67. The van der Waals surface area contributed by atoms with Crippen molar-refractivity contribution in [1.29, 1.82) is 0 Å². The van der Waals surface area contributed by atoms with E-state index in [0.29, 0.717) is 19.2 Å². The van der Waals surface area contributed by atoms with Crippen LogP contribution in [-0.2, 0) is 0 Å². The number of hydrogen-bond donors (Lipinski definition) is 2. The molecule has 1 saturated carbocycles. The second-order valence-corrected chi connectivity index (χ2v) is 6.60. The Balaban J connectivity index is 1.42. The maximum Gasteiger partial charge on any atom is 0.119 e. The molecule has 3 rings (SSSR count). The van der Waals surface area contributed by atoms with Gasteiger partial charge < -0.3 is 15.2 Å². The number of aliphatic hydroxyl groups excluding tert-OH is 1. The summed E-state index contributed by atoms with van der Waals surface area (Å²) in [6.07, 6.45) is 5.95. The van der Waals surface area contributed by atoms with Gasteiger partial charge in [-0.15, -0.1) is 0 Å². The highest BCUT2D eigenvalue weighted by Crippen LogP contribution is 2.22. The molecule has 24 heavy (non-hydrogen) atoms. The Morgan fingerprint density at radius 1 is 0.917 bits per heavy atom. The van der Waals surface area contributed by atoms with E-state index in [0.717, 1.165) is 5.75 Å². The lowest BCUT2D eigenvalue weighted by atomic mass is 9.95. The van der Waals surface area contributed by atoms with Crippen molar-refractivity contribution in [3.8, 4) is 16.9 Å². The predicted molar refractivity (Wildman–Crippen MR) is 98.3 cm³/mol. The molecule has 0 amide bonds. The standard InChI is InChI=1S/C21H27NO2/c23-20(15-22-19-9-5-2-6-10-19)16-24-21-13-11-18(12-14-21)17-7-3-1-4-8-17/h1,3-4,7-8,11-14,19-20,22-23H,2,5-6,9-10,15-16H2/t20-/m0/s1. The van der Waals surface area contributed by atoms with Gasteiger partial charge in [-0.25, -0.2) is 0 Å². The molecule has 1 fully saturated rings. The van der Waals surface area contributed by atoms with Crippen LogP contribution in [0.25, 0.3) is 11.1 Å². The molecule has 128 valence electrons. The fourth-order valence-corrected chi connectivity index (χ4v) is 3.23. The number of benzene rings is 2. The predicted octanol–water partition coefficient (Wildman–Crippen LogP) is 4.02. The zero-order valence-corrected chi connectivity index (χ0v) is 14.2. The number of rotatable bonds is 7. The average molecular weight is 325 g/mol. The Kier molecular flexibility index (Phi) is 6.27. The third-order valence-electron chi connectivity index (χ3n) is 4.65. The second-order valence-electron chi connectivity index (χ2n) is 6.60. The van der Waals surface area contributed by atoms with Crippen LogP contribution in [0.15, 0.2) is 54.6 Å². The minimum atomic E-state index is -0.472. The van der Waals surface area contributed by atoms with Gasteiger partial charge >= 0.3 is 0 Å². The molecule has 2 aromatic rings. The van der Waals surface area contributed by atoms with Gasteiger partial charge in [-0.2, -0.15) is 0 Å². The Morgan fingerprint density at radius 2 is 1.58 bits per heavy atom. The summed E-state index contributed by atoms with van der Waals surface area (Å²) in [5.74, 6) is 0.798. The topological polar surface area (TPSA) is 41.5 Å². The van der Waals surface area contributed by atoms with Crippen molar-refractivity contribution in [1.82, 2.24) is 5.32 Å². The summed E-state index contributed by atoms with van der Waals surface area (Å²) < 4.78 is 5.71. The lowest BCUT2D eigenvalue weighted by Crippen LogP contribution is -2.38. The molecular formula is C21H27NO2. The van der Waals surface area contributed by atoms with Crippen LogP contribution in [0.5, 0.6) is 5.75 Å². The maximum absolute atomic E-state index is 10.1. The minimum Gasteiger partial charge on any atom is -0.491 e. The summed E-state index contributed by atoms with van der Waals surface area (Å²) in [6, 6.07) is 18.9. The monoisotopic (exact) mass is 325 g/mol. The number of hydrogen-bond acceptors (Lipinski definition) is 3. The first-order valence-electron chi connectivity index (χ1n) is 9.01. The highest BCUT2D eigenvalue weighted by atomic mass is 16.5. The van der Waals surface area contributed by atoms with Crippen molar-refractivity contribution < 1.29 is 9.84 Å². The van der Waals surface area contributed by atoms with E-state index in [9.17, 15) is 5.11 Å². The van der Waals surface area contributed by atoms with Crippen molar-refractivity contribution in [2.75, 3.05) is 13.2 Å². The summed E-state index contributed by atoms with van der Waals surface area (Å²) in [7, 11) is 0. The Labute approximate surface area is 144 Å². The first-order valence-corrected chi connectivity index (χ1v) is 9.01. The largest absolute Gasteiger partial charge is 0.491 e. The van der Waals surface area contributed by atoms with Gasteiger partial charge in [0.1, 0.15) is 18.5 Å². The fraction of sp³-hybridized carbons (Fsp3) is 0.429. The minimum absolute atomic E-state index is 0.324. The highest BCUT2D eigenvalue weighted by molar-refractivity contribution is 5.63. The zero-order valence-electron chi connectivity index (χ0n) is 14.2. The molecular weight excluding hydrogens is 298 g/mol. The molecule has 3 nitrogen and oxygen atoms in total. The van der Waals surface area contributed by atoms with E-state index in [2.05, 4.69) is 29.6 Å². The second kappa shape index (κ2) is 8.86. The van der Waals surface area contributed by atoms with E-state index in [-0.39, 0.29) is 0 Å². The highest BCUT2D eigenvalue weighted by Gasteiger charge is 2.14. The number of aliphatic hydroxyl groups is 1. The molecule has 1 aliphatic carbocycles. The van der Waals surface area contributed by atoms with Crippen LogP contribution in [0, 0.1) is 0 Å². The number of nitrogens with one attached hydrogen (secondary N) is 1. The Hall–Kier alpha value is -1.84. The molecule has 0 radical (unpaired) electrons. The van der Waals surface area contributed by atoms with Crippen molar-refractivity contribution in [3.63, 3.8) is 0 Å². The molecule has 2 N–H and O–H groups in total. The summed E-state index contributed by atoms with van der Waals surface area (Å²) >= 11 is 0. The maximum atomic E-state index is 10.1. The van der Waals surface area contributed by atoms with Crippen LogP contribution >= 0.6 is 0 Å². The lowest BCUT2D eigenvalue weighted by molar-refractivity contribution is 0.102. The summed E-state index contributed by atoms with van der Waals surface area (Å²) in [5, 5.41) is 13.5. The molecule has 2 aromatic carbocycles. The van der Waals surface area contributed by atoms with Gasteiger partial charge in [0, 0.05) is 12.6 Å². The van der Waals surface area contributed by atoms with Gasteiger partial charge in [0.15, 0.2) is 0 Å². The van der Waals surface area contributed by atoms with E-state index in [1.807, 2.05) is 30.3 Å². The number of ether oxygens (including phenoxy) is 1. The van der Waals surface area contributed by atoms with E-state index < -0.39 is 6.10 Å². The third-order valence-corrected chi connectivity index (χ3v) is 4.65. The summed E-state index contributed by atoms with van der Waals surface area (Å²) in [5.41, 5.74) is 2.36. The zero-order chi connectivity index (χ0) is 16.6. The van der Waals surface area contributed by atoms with Crippen molar-refractivity contribution in [2.24, 2.45) is 0 Å². The van der Waals surface area contributed by atoms with Gasteiger partial charge in [0.05, 0.1) is 0 Å². The van der Waals surface area contributed by atoms with Crippen molar-refractivity contribution in [2.45, 2.75) is 44.2 Å². The molecule has 0 spiro atoms. The molecule has 0 saturated heterocycles. The molecule has 1 aliphatic rings. The van der Waals surface area contributed by atoms with E-state index in [1.54, 1.807) is 0 Å². The van der Waals surface area contributed by atoms with E-state index >= 15 is 0 Å². The molecule has 0 aromatic heterocycles. The molecule has 0 heterocycles. The van der Waals surface area contributed by atoms with Gasteiger partial charge in [-0.05, 0) is 36.1 Å². The quantitative estimate of drug-likeness (QED) is 0.808. The van der Waals surface area contributed by atoms with Gasteiger partial charge in [0.2, 0.25) is 0 Å². The fourth-order valence-electron chi connectivity index (χ4n) is 3.23.